The Morgan fingerprint density at radius 3 is 2.76 bits per heavy atom. The van der Waals surface area contributed by atoms with Gasteiger partial charge in [0.05, 0.1) is 0 Å². The minimum Gasteiger partial charge on any atom is -0.314 e. The number of nitrogens with one attached hydrogen (secondary N) is 1. The zero-order valence-electron chi connectivity index (χ0n) is 14.3. The van der Waals surface area contributed by atoms with Gasteiger partial charge < -0.3 is 5.32 Å². The number of nitrogens with zero attached hydrogens (tertiary/aromatic N) is 1. The van der Waals surface area contributed by atoms with Crippen molar-refractivity contribution in [2.24, 2.45) is 17.8 Å². The van der Waals surface area contributed by atoms with Crippen LogP contribution in [0, 0.1) is 17.8 Å². The molecule has 1 N–H and O–H groups in total. The van der Waals surface area contributed by atoms with Crippen molar-refractivity contribution in [1.82, 2.24) is 10.2 Å². The van der Waals surface area contributed by atoms with E-state index in [2.05, 4.69) is 24.1 Å². The molecule has 2 nitrogen and oxygen atoms in total. The Hall–Kier alpha value is -0.0800. The summed E-state index contributed by atoms with van der Waals surface area (Å²) in [5.74, 6) is 2.89. The lowest BCUT2D eigenvalue weighted by Crippen LogP contribution is -2.47. The van der Waals surface area contributed by atoms with Crippen LogP contribution >= 0.6 is 0 Å². The van der Waals surface area contributed by atoms with Crippen LogP contribution in [0.25, 0.3) is 0 Å². The smallest absolute Gasteiger partial charge is 0.0124 e. The van der Waals surface area contributed by atoms with E-state index < -0.39 is 0 Å². The predicted molar refractivity (Wildman–Crippen MR) is 90.5 cm³/mol. The van der Waals surface area contributed by atoms with Crippen molar-refractivity contribution in [3.63, 3.8) is 0 Å². The molecule has 3 rings (SSSR count). The summed E-state index contributed by atoms with van der Waals surface area (Å²) in [6, 6.07) is 1.74. The van der Waals surface area contributed by atoms with E-state index in [4.69, 9.17) is 0 Å². The molecule has 0 amide bonds. The topological polar surface area (TPSA) is 15.3 Å². The van der Waals surface area contributed by atoms with E-state index in [0.29, 0.717) is 0 Å². The van der Waals surface area contributed by atoms with E-state index in [1.807, 2.05) is 0 Å². The van der Waals surface area contributed by atoms with Gasteiger partial charge in [-0.1, -0.05) is 26.7 Å². The molecule has 0 spiro atoms. The van der Waals surface area contributed by atoms with E-state index in [1.165, 1.54) is 77.4 Å². The Labute approximate surface area is 132 Å². The van der Waals surface area contributed by atoms with Crippen LogP contribution in [-0.2, 0) is 0 Å². The van der Waals surface area contributed by atoms with Crippen LogP contribution in [0.3, 0.4) is 0 Å². The summed E-state index contributed by atoms with van der Waals surface area (Å²) in [5.41, 5.74) is 0. The molecule has 122 valence electrons. The fourth-order valence-electron chi connectivity index (χ4n) is 5.33. The lowest BCUT2D eigenvalue weighted by molar-refractivity contribution is 0.114. The van der Waals surface area contributed by atoms with E-state index >= 15 is 0 Å². The predicted octanol–water partition coefficient (Wildman–Crippen LogP) is 4.06. The molecule has 1 heterocycles. The SMILES string of the molecule is CCCNC1CCC(C)CC1CN1CCC2CCCCC21. The summed E-state index contributed by atoms with van der Waals surface area (Å²) in [7, 11) is 0. The van der Waals surface area contributed by atoms with Gasteiger partial charge in [-0.05, 0) is 75.8 Å². The Bertz CT molecular complexity index is 315. The van der Waals surface area contributed by atoms with Gasteiger partial charge in [0.1, 0.15) is 0 Å². The van der Waals surface area contributed by atoms with Crippen LogP contribution in [-0.4, -0.2) is 36.6 Å². The molecule has 0 aromatic carbocycles. The zero-order chi connectivity index (χ0) is 14.7. The van der Waals surface area contributed by atoms with Gasteiger partial charge in [-0.25, -0.2) is 0 Å². The molecule has 1 saturated heterocycles. The number of hydrogen-bond acceptors (Lipinski definition) is 2. The van der Waals surface area contributed by atoms with Gasteiger partial charge in [0.25, 0.3) is 0 Å². The molecule has 5 atom stereocenters. The molecule has 21 heavy (non-hydrogen) atoms. The molecule has 0 radical (unpaired) electrons. The van der Waals surface area contributed by atoms with Crippen LogP contribution in [0.4, 0.5) is 0 Å². The van der Waals surface area contributed by atoms with Gasteiger partial charge in [0.15, 0.2) is 0 Å². The van der Waals surface area contributed by atoms with Crippen LogP contribution < -0.4 is 5.32 Å². The molecule has 0 aromatic rings. The second-order valence-electron chi connectivity index (χ2n) is 8.13. The molecule has 2 aliphatic carbocycles. The second kappa shape index (κ2) is 7.46. The highest BCUT2D eigenvalue weighted by Gasteiger charge is 2.38. The Morgan fingerprint density at radius 2 is 1.90 bits per heavy atom. The maximum absolute atomic E-state index is 3.86. The van der Waals surface area contributed by atoms with Gasteiger partial charge in [0.2, 0.25) is 0 Å². The van der Waals surface area contributed by atoms with Crippen LogP contribution in [0.15, 0.2) is 0 Å². The van der Waals surface area contributed by atoms with Crippen molar-refractivity contribution in [3.05, 3.63) is 0 Å². The Morgan fingerprint density at radius 1 is 1.05 bits per heavy atom. The summed E-state index contributed by atoms with van der Waals surface area (Å²) >= 11 is 0. The minimum absolute atomic E-state index is 0.795. The van der Waals surface area contributed by atoms with Gasteiger partial charge >= 0.3 is 0 Å². The van der Waals surface area contributed by atoms with E-state index in [9.17, 15) is 0 Å². The van der Waals surface area contributed by atoms with Gasteiger partial charge in [-0.2, -0.15) is 0 Å². The first kappa shape index (κ1) is 15.8. The van der Waals surface area contributed by atoms with Crippen molar-refractivity contribution in [3.8, 4) is 0 Å². The Kier molecular flexibility index (Phi) is 5.61. The number of hydrogen-bond donors (Lipinski definition) is 1. The van der Waals surface area contributed by atoms with Crippen molar-refractivity contribution in [2.75, 3.05) is 19.6 Å². The quantitative estimate of drug-likeness (QED) is 0.822. The van der Waals surface area contributed by atoms with Gasteiger partial charge in [-0.15, -0.1) is 0 Å². The third-order valence-electron chi connectivity index (χ3n) is 6.50. The standard InChI is InChI=1S/C19H36N2/c1-3-11-20-18-9-8-15(2)13-17(18)14-21-12-10-16-6-4-5-7-19(16)21/h15-20H,3-14H2,1-2H3. The first-order chi connectivity index (χ1) is 10.3. The van der Waals surface area contributed by atoms with Crippen molar-refractivity contribution in [1.29, 1.82) is 0 Å². The maximum Gasteiger partial charge on any atom is 0.0124 e. The number of fused-ring (bicyclic) bond motifs is 1. The van der Waals surface area contributed by atoms with Gasteiger partial charge in [-0.3, -0.25) is 4.90 Å². The van der Waals surface area contributed by atoms with E-state index in [-0.39, 0.29) is 0 Å². The fraction of sp³-hybridized carbons (Fsp3) is 1.00. The van der Waals surface area contributed by atoms with Crippen molar-refractivity contribution >= 4 is 0 Å². The summed E-state index contributed by atoms with van der Waals surface area (Å²) < 4.78 is 0. The lowest BCUT2D eigenvalue weighted by atomic mass is 9.78. The molecular formula is C19H36N2. The largest absolute Gasteiger partial charge is 0.314 e. The summed E-state index contributed by atoms with van der Waals surface area (Å²) in [5, 5.41) is 3.86. The van der Waals surface area contributed by atoms with Crippen LogP contribution in [0.2, 0.25) is 0 Å². The third-order valence-corrected chi connectivity index (χ3v) is 6.50. The number of likely N-dealkylation sites (tertiary alicyclic amines) is 1. The van der Waals surface area contributed by atoms with Crippen LogP contribution in [0.5, 0.6) is 0 Å². The summed E-state index contributed by atoms with van der Waals surface area (Å²) in [6.45, 7) is 8.74. The number of rotatable bonds is 5. The molecule has 5 unspecified atom stereocenters. The molecule has 1 aliphatic heterocycles. The molecular weight excluding hydrogens is 256 g/mol. The van der Waals surface area contributed by atoms with Crippen molar-refractivity contribution in [2.45, 2.75) is 83.7 Å². The van der Waals surface area contributed by atoms with E-state index in [0.717, 1.165) is 29.8 Å². The highest BCUT2D eigenvalue weighted by Crippen LogP contribution is 2.38. The first-order valence-electron chi connectivity index (χ1n) is 9.75. The summed E-state index contributed by atoms with van der Waals surface area (Å²) in [6.07, 6.45) is 13.0. The third kappa shape index (κ3) is 3.82. The average molecular weight is 293 g/mol. The van der Waals surface area contributed by atoms with Crippen LogP contribution in [0.1, 0.15) is 71.6 Å². The van der Waals surface area contributed by atoms with E-state index in [1.54, 1.807) is 0 Å². The molecule has 3 aliphatic rings. The minimum atomic E-state index is 0.795. The van der Waals surface area contributed by atoms with Crippen molar-refractivity contribution < 1.29 is 0 Å². The lowest BCUT2D eigenvalue weighted by Gasteiger charge is -2.40. The Balaban J connectivity index is 1.57. The monoisotopic (exact) mass is 292 g/mol. The molecule has 2 saturated carbocycles. The molecule has 0 bridgehead atoms. The maximum atomic E-state index is 3.86. The average Bonchev–Trinajstić information content (AvgIpc) is 2.90. The zero-order valence-corrected chi connectivity index (χ0v) is 14.3. The highest BCUT2D eigenvalue weighted by atomic mass is 15.2. The normalized spacial score (nSPS) is 41.1. The molecule has 3 fully saturated rings. The summed E-state index contributed by atoms with van der Waals surface area (Å²) in [4.78, 5) is 2.90. The molecule has 0 aromatic heterocycles. The van der Waals surface area contributed by atoms with Gasteiger partial charge in [0, 0.05) is 18.6 Å². The molecule has 2 heteroatoms. The second-order valence-corrected chi connectivity index (χ2v) is 8.13. The highest BCUT2D eigenvalue weighted by molar-refractivity contribution is 4.93. The fourth-order valence-corrected chi connectivity index (χ4v) is 5.33. The first-order valence-corrected chi connectivity index (χ1v) is 9.75.